The number of nitro benzene ring substituents is 1. The van der Waals surface area contributed by atoms with Crippen LogP contribution in [0.4, 0.5) is 16.3 Å². The maximum atomic E-state index is 11.9. The van der Waals surface area contributed by atoms with Crippen molar-refractivity contribution in [1.82, 2.24) is 34.9 Å². The quantitative estimate of drug-likeness (QED) is 0.0559. The number of nitro groups is 1. The number of nitrogens with two attached hydrogens (primary N) is 1. The lowest BCUT2D eigenvalue weighted by molar-refractivity contribution is -0.384. The van der Waals surface area contributed by atoms with E-state index >= 15 is 0 Å². The van der Waals surface area contributed by atoms with Crippen molar-refractivity contribution in [2.24, 2.45) is 0 Å². The van der Waals surface area contributed by atoms with Crippen LogP contribution in [0.15, 0.2) is 47.5 Å². The second-order valence-electron chi connectivity index (χ2n) is 11.8. The molecule has 1 aliphatic rings. The molecule has 1 aliphatic carbocycles. The van der Waals surface area contributed by atoms with Crippen LogP contribution >= 0.6 is 0 Å². The Bertz CT molecular complexity index is 1860. The molecule has 2 N–H and O–H groups in total. The van der Waals surface area contributed by atoms with E-state index in [1.165, 1.54) is 30.6 Å². The van der Waals surface area contributed by atoms with E-state index in [1.807, 2.05) is 39.3 Å². The lowest BCUT2D eigenvalue weighted by atomic mass is 10.1. The first-order valence-corrected chi connectivity index (χ1v) is 15.5. The van der Waals surface area contributed by atoms with Crippen LogP contribution in [0, 0.1) is 10.1 Å². The number of nitrogen functional groups attached to an aromatic ring is 1. The van der Waals surface area contributed by atoms with Crippen molar-refractivity contribution in [3.8, 4) is 28.5 Å². The Morgan fingerprint density at radius 2 is 1.77 bits per heavy atom. The fraction of sp³-hybridized carbons (Fsp3) is 0.406. The largest absolute Gasteiger partial charge is 0.513 e. The van der Waals surface area contributed by atoms with Crippen LogP contribution in [-0.4, -0.2) is 52.6 Å². The summed E-state index contributed by atoms with van der Waals surface area (Å²) in [5.41, 5.74) is 9.07. The van der Waals surface area contributed by atoms with Crippen LogP contribution in [0.1, 0.15) is 77.5 Å². The normalized spacial score (nSPS) is 12.8. The van der Waals surface area contributed by atoms with Gasteiger partial charge < -0.3 is 19.7 Å². The number of anilines is 1. The van der Waals surface area contributed by atoms with E-state index in [1.54, 1.807) is 12.4 Å². The minimum atomic E-state index is -0.874. The number of fused-ring (bicyclic) bond motifs is 1. The molecule has 246 valence electrons. The molecule has 0 amide bonds. The van der Waals surface area contributed by atoms with Crippen molar-refractivity contribution >= 4 is 28.7 Å². The SMILES string of the molecule is CC.CC(C)(C)n1nc(-c2noc(C3CC3)c2-c2ncc(CCCCOC(=O)Oc3ccc([N+](=O)[O-])cc3)cn2)c2c(N)ncnc21. The van der Waals surface area contributed by atoms with Gasteiger partial charge >= 0.3 is 6.16 Å². The third kappa shape index (κ3) is 7.34. The lowest BCUT2D eigenvalue weighted by Crippen LogP contribution is -2.23. The van der Waals surface area contributed by atoms with Crippen molar-refractivity contribution in [2.75, 3.05) is 12.3 Å². The monoisotopic (exact) mass is 643 g/mol. The summed E-state index contributed by atoms with van der Waals surface area (Å²) in [6, 6.07) is 5.17. The number of ether oxygens (including phenoxy) is 2. The van der Waals surface area contributed by atoms with Crippen LogP contribution < -0.4 is 10.5 Å². The zero-order valence-corrected chi connectivity index (χ0v) is 27.0. The van der Waals surface area contributed by atoms with Gasteiger partial charge in [0.2, 0.25) is 0 Å². The van der Waals surface area contributed by atoms with E-state index in [4.69, 9.17) is 24.8 Å². The van der Waals surface area contributed by atoms with Crippen molar-refractivity contribution in [2.45, 2.75) is 78.2 Å². The smallest absolute Gasteiger partial charge is 0.434 e. The van der Waals surface area contributed by atoms with E-state index in [0.717, 1.165) is 30.6 Å². The number of carbonyl (C=O) groups excluding carboxylic acids is 1. The Kier molecular flexibility index (Phi) is 9.72. The molecule has 1 aromatic carbocycles. The Balaban J connectivity index is 0.00000213. The molecule has 0 bridgehead atoms. The summed E-state index contributed by atoms with van der Waals surface area (Å²) >= 11 is 0. The highest BCUT2D eigenvalue weighted by Crippen LogP contribution is 2.48. The zero-order valence-electron chi connectivity index (χ0n) is 27.0. The molecular weight excluding hydrogens is 606 g/mol. The fourth-order valence-electron chi connectivity index (χ4n) is 4.87. The van der Waals surface area contributed by atoms with Gasteiger partial charge in [-0.2, -0.15) is 5.10 Å². The number of hydrogen-bond acceptors (Lipinski definition) is 13. The molecule has 0 unspecified atom stereocenters. The number of unbranched alkanes of at least 4 members (excludes halogenated alkanes) is 1. The predicted molar refractivity (Wildman–Crippen MR) is 173 cm³/mol. The summed E-state index contributed by atoms with van der Waals surface area (Å²) in [6.45, 7) is 10.2. The van der Waals surface area contributed by atoms with Gasteiger partial charge in [0.15, 0.2) is 17.2 Å². The predicted octanol–water partition coefficient (Wildman–Crippen LogP) is 6.63. The summed E-state index contributed by atoms with van der Waals surface area (Å²) in [5.74, 6) is 1.90. The van der Waals surface area contributed by atoms with Crippen LogP contribution in [0.2, 0.25) is 0 Å². The van der Waals surface area contributed by atoms with Gasteiger partial charge in [-0.1, -0.05) is 19.0 Å². The molecule has 5 aromatic rings. The third-order valence-electron chi connectivity index (χ3n) is 7.28. The Hall–Kier alpha value is -5.47. The van der Waals surface area contributed by atoms with E-state index in [0.29, 0.717) is 52.5 Å². The van der Waals surface area contributed by atoms with Crippen LogP contribution in [0.3, 0.4) is 0 Å². The maximum absolute atomic E-state index is 11.9. The van der Waals surface area contributed by atoms with E-state index in [9.17, 15) is 14.9 Å². The van der Waals surface area contributed by atoms with E-state index in [2.05, 4.69) is 25.1 Å². The number of carbonyl (C=O) groups is 1. The van der Waals surface area contributed by atoms with Gasteiger partial charge in [-0.05, 0) is 70.6 Å². The lowest BCUT2D eigenvalue weighted by Gasteiger charge is -2.19. The van der Waals surface area contributed by atoms with Crippen molar-refractivity contribution < 1.29 is 23.7 Å². The molecule has 15 nitrogen and oxygen atoms in total. The standard InChI is InChI=1S/C30H31N9O6.C2H6/c1-30(2,3)38-28-22(26(31)34-16-35-28)23(36-38)24-21(25(45-37-24)18-7-8-18)27-32-14-17(15-33-27)6-4-5-13-43-29(40)44-20-11-9-19(10-12-20)39(41)42;1-2/h9-12,14-16,18H,4-8,13H2,1-3H3,(H2,31,34,35);1-2H3. The number of benzene rings is 1. The highest BCUT2D eigenvalue weighted by molar-refractivity contribution is 6.00. The zero-order chi connectivity index (χ0) is 33.7. The first kappa shape index (κ1) is 32.9. The Morgan fingerprint density at radius 3 is 2.40 bits per heavy atom. The second-order valence-corrected chi connectivity index (χ2v) is 11.8. The third-order valence-corrected chi connectivity index (χ3v) is 7.28. The van der Waals surface area contributed by atoms with Crippen molar-refractivity contribution in [3.05, 3.63) is 64.4 Å². The number of aromatic nitrogens is 7. The number of non-ortho nitro benzene ring substituents is 1. The topological polar surface area (TPSA) is 200 Å². The molecule has 0 radical (unpaired) electrons. The summed E-state index contributed by atoms with van der Waals surface area (Å²) in [7, 11) is 0. The minimum absolute atomic E-state index is 0.0975. The molecule has 0 saturated heterocycles. The molecule has 47 heavy (non-hydrogen) atoms. The molecule has 15 heteroatoms. The van der Waals surface area contributed by atoms with Gasteiger partial charge in [-0.15, -0.1) is 0 Å². The summed E-state index contributed by atoms with van der Waals surface area (Å²) in [4.78, 5) is 40.2. The Morgan fingerprint density at radius 1 is 1.06 bits per heavy atom. The molecule has 1 fully saturated rings. The molecule has 0 aliphatic heterocycles. The highest BCUT2D eigenvalue weighted by atomic mass is 16.7. The number of aryl methyl sites for hydroxylation is 1. The summed E-state index contributed by atoms with van der Waals surface area (Å²) < 4.78 is 17.8. The van der Waals surface area contributed by atoms with E-state index < -0.39 is 11.1 Å². The minimum Gasteiger partial charge on any atom is -0.434 e. The average Bonchev–Trinajstić information content (AvgIpc) is 3.67. The summed E-state index contributed by atoms with van der Waals surface area (Å²) in [5, 5.41) is 20.7. The Labute approximate surface area is 270 Å². The van der Waals surface area contributed by atoms with Crippen molar-refractivity contribution in [3.63, 3.8) is 0 Å². The first-order chi connectivity index (χ1) is 22.6. The van der Waals surface area contributed by atoms with Gasteiger partial charge in [0, 0.05) is 30.4 Å². The molecule has 0 atom stereocenters. The van der Waals surface area contributed by atoms with Gasteiger partial charge in [0.25, 0.3) is 5.69 Å². The molecule has 0 spiro atoms. The molecule has 4 aromatic heterocycles. The molecular formula is C32H37N9O6. The highest BCUT2D eigenvalue weighted by Gasteiger charge is 2.36. The van der Waals surface area contributed by atoms with Gasteiger partial charge in [-0.25, -0.2) is 29.4 Å². The molecule has 1 saturated carbocycles. The van der Waals surface area contributed by atoms with Crippen molar-refractivity contribution in [1.29, 1.82) is 0 Å². The van der Waals surface area contributed by atoms with Crippen LogP contribution in [0.5, 0.6) is 5.75 Å². The first-order valence-electron chi connectivity index (χ1n) is 15.5. The van der Waals surface area contributed by atoms with E-state index in [-0.39, 0.29) is 29.5 Å². The number of nitrogens with zero attached hydrogens (tertiary/aromatic N) is 8. The van der Waals surface area contributed by atoms with Crippen LogP contribution in [-0.2, 0) is 16.7 Å². The van der Waals surface area contributed by atoms with Crippen LogP contribution in [0.25, 0.3) is 33.8 Å². The molecule has 4 heterocycles. The maximum Gasteiger partial charge on any atom is 0.513 e. The average molecular weight is 644 g/mol. The molecule has 6 rings (SSSR count). The number of hydrogen-bond donors (Lipinski definition) is 1. The van der Waals surface area contributed by atoms with Gasteiger partial charge in [0.1, 0.15) is 29.3 Å². The fourth-order valence-corrected chi connectivity index (χ4v) is 4.87. The summed E-state index contributed by atoms with van der Waals surface area (Å²) in [6.07, 6.45) is 8.04. The van der Waals surface area contributed by atoms with Gasteiger partial charge in [0.05, 0.1) is 28.0 Å². The van der Waals surface area contributed by atoms with Gasteiger partial charge in [-0.3, -0.25) is 10.1 Å². The number of rotatable bonds is 10. The second kappa shape index (κ2) is 13.9.